The predicted molar refractivity (Wildman–Crippen MR) is 49.7 cm³/mol. The molecular weight excluding hydrogens is 226 g/mol. The molecule has 0 bridgehead atoms. The first-order valence-corrected chi connectivity index (χ1v) is 4.56. The second-order valence-electron chi connectivity index (χ2n) is 2.78. The smallest absolute Gasteiger partial charge is 0.284 e. The van der Waals surface area contributed by atoms with Crippen LogP contribution in [0.2, 0.25) is 0 Å². The monoisotopic (exact) mass is 232 g/mol. The molecule has 0 aliphatic heterocycles. The quantitative estimate of drug-likeness (QED) is 0.815. The van der Waals surface area contributed by atoms with Crippen molar-refractivity contribution in [3.05, 3.63) is 23.0 Å². The summed E-state index contributed by atoms with van der Waals surface area (Å²) in [6, 6.07) is 3.13. The minimum Gasteiger partial charge on any atom is -0.505 e. The van der Waals surface area contributed by atoms with E-state index in [9.17, 15) is 13.9 Å². The van der Waals surface area contributed by atoms with Crippen molar-refractivity contribution < 1.29 is 13.9 Å². The van der Waals surface area contributed by atoms with E-state index in [1.54, 1.807) is 6.07 Å². The summed E-state index contributed by atoms with van der Waals surface area (Å²) < 4.78 is 24.8. The predicted octanol–water partition coefficient (Wildman–Crippen LogP) is 2.53. The average Bonchev–Trinajstić information content (AvgIpc) is 2.20. The number of pyridine rings is 1. The van der Waals surface area contributed by atoms with Crippen LogP contribution in [0.5, 0.6) is 5.75 Å². The molecule has 0 saturated carbocycles. The third-order valence-electron chi connectivity index (χ3n) is 1.76. The van der Waals surface area contributed by atoms with E-state index in [0.29, 0.717) is 0 Å². The highest BCUT2D eigenvalue weighted by atomic mass is 35.5. The molecule has 1 aromatic rings. The van der Waals surface area contributed by atoms with E-state index >= 15 is 0 Å². The van der Waals surface area contributed by atoms with Crippen molar-refractivity contribution in [1.82, 2.24) is 4.98 Å². The zero-order chi connectivity index (χ0) is 11.4. The summed E-state index contributed by atoms with van der Waals surface area (Å²) in [7, 11) is 0. The van der Waals surface area contributed by atoms with Crippen LogP contribution in [0.4, 0.5) is 8.78 Å². The first kappa shape index (κ1) is 11.7. The van der Waals surface area contributed by atoms with Gasteiger partial charge in [0.25, 0.3) is 6.43 Å². The first-order valence-electron chi connectivity index (χ1n) is 4.02. The van der Waals surface area contributed by atoms with Crippen LogP contribution in [0.1, 0.15) is 23.4 Å². The highest BCUT2D eigenvalue weighted by Gasteiger charge is 2.18. The maximum absolute atomic E-state index is 12.4. The van der Waals surface area contributed by atoms with Gasteiger partial charge in [0.15, 0.2) is 0 Å². The highest BCUT2D eigenvalue weighted by Crippen LogP contribution is 2.30. The molecule has 3 nitrogen and oxygen atoms in total. The van der Waals surface area contributed by atoms with Gasteiger partial charge >= 0.3 is 0 Å². The Labute approximate surface area is 89.9 Å². The first-order chi connectivity index (χ1) is 7.10. The normalized spacial score (nSPS) is 10.3. The Balaban J connectivity index is 3.26. The van der Waals surface area contributed by atoms with Crippen LogP contribution < -0.4 is 0 Å². The molecule has 0 unspecified atom stereocenters. The molecule has 6 heteroatoms. The maximum atomic E-state index is 12.4. The Bertz CT molecular complexity index is 404. The topological polar surface area (TPSA) is 56.9 Å². The average molecular weight is 233 g/mol. The standard InChI is InChI=1S/C9H7ClF2N2O/c10-4-5-3-6(1-2-13)14-7(8(5)15)9(11)12/h3,9,15H,1,4H2. The summed E-state index contributed by atoms with van der Waals surface area (Å²) in [5.74, 6) is -0.700. The molecular formula is C9H7ClF2N2O. The summed E-state index contributed by atoms with van der Waals surface area (Å²) in [4.78, 5) is 3.49. The molecule has 15 heavy (non-hydrogen) atoms. The molecule has 0 radical (unpaired) electrons. The summed E-state index contributed by atoms with van der Waals surface area (Å²) in [6.45, 7) is 0. The van der Waals surface area contributed by atoms with Crippen molar-refractivity contribution in [2.24, 2.45) is 0 Å². The van der Waals surface area contributed by atoms with Crippen molar-refractivity contribution in [2.45, 2.75) is 18.7 Å². The Kier molecular flexibility index (Phi) is 3.81. The second kappa shape index (κ2) is 4.89. The third kappa shape index (κ3) is 2.54. The number of hydrogen-bond donors (Lipinski definition) is 1. The largest absolute Gasteiger partial charge is 0.505 e. The van der Waals surface area contributed by atoms with E-state index in [4.69, 9.17) is 16.9 Å². The third-order valence-corrected chi connectivity index (χ3v) is 2.05. The zero-order valence-corrected chi connectivity index (χ0v) is 8.30. The van der Waals surface area contributed by atoms with Crippen LogP contribution in [0, 0.1) is 11.3 Å². The van der Waals surface area contributed by atoms with Crippen molar-refractivity contribution in [3.8, 4) is 11.8 Å². The number of nitriles is 1. The Hall–Kier alpha value is -1.41. The molecule has 0 aromatic carbocycles. The molecule has 1 rings (SSSR count). The van der Waals surface area contributed by atoms with Gasteiger partial charge in [-0.15, -0.1) is 11.6 Å². The molecule has 0 saturated heterocycles. The molecule has 0 atom stereocenters. The maximum Gasteiger partial charge on any atom is 0.284 e. The van der Waals surface area contributed by atoms with Gasteiger partial charge in [0.1, 0.15) is 11.4 Å². The van der Waals surface area contributed by atoms with E-state index in [1.165, 1.54) is 6.07 Å². The molecule has 80 valence electrons. The van der Waals surface area contributed by atoms with Gasteiger partial charge < -0.3 is 5.11 Å². The van der Waals surface area contributed by atoms with E-state index in [0.717, 1.165) is 0 Å². The van der Waals surface area contributed by atoms with Crippen LogP contribution >= 0.6 is 11.6 Å². The minimum atomic E-state index is -2.88. The summed E-state index contributed by atoms with van der Waals surface area (Å²) in [6.07, 6.45) is -2.98. The van der Waals surface area contributed by atoms with Gasteiger partial charge in [0, 0.05) is 5.56 Å². The van der Waals surface area contributed by atoms with Gasteiger partial charge in [-0.2, -0.15) is 5.26 Å². The van der Waals surface area contributed by atoms with Crippen LogP contribution in [-0.4, -0.2) is 10.1 Å². The molecule has 0 aliphatic rings. The van der Waals surface area contributed by atoms with Gasteiger partial charge in [-0.1, -0.05) is 0 Å². The van der Waals surface area contributed by atoms with E-state index in [1.807, 2.05) is 0 Å². The lowest BCUT2D eigenvalue weighted by Gasteiger charge is -2.08. The number of halogens is 3. The number of alkyl halides is 3. The lowest BCUT2D eigenvalue weighted by molar-refractivity contribution is 0.141. The summed E-state index contributed by atoms with van der Waals surface area (Å²) in [5, 5.41) is 17.8. The fourth-order valence-electron chi connectivity index (χ4n) is 1.10. The SMILES string of the molecule is N#CCc1cc(CCl)c(O)c(C(F)F)n1. The Morgan fingerprint density at radius 1 is 1.60 bits per heavy atom. The van der Waals surface area contributed by atoms with Gasteiger partial charge in [0.05, 0.1) is 24.1 Å². The highest BCUT2D eigenvalue weighted by molar-refractivity contribution is 6.17. The minimum absolute atomic E-state index is 0.0934. The molecule has 0 fully saturated rings. The van der Waals surface area contributed by atoms with Crippen molar-refractivity contribution in [1.29, 1.82) is 5.26 Å². The lowest BCUT2D eigenvalue weighted by Crippen LogP contribution is -1.99. The number of aromatic nitrogens is 1. The van der Waals surface area contributed by atoms with Crippen molar-refractivity contribution in [2.75, 3.05) is 0 Å². The van der Waals surface area contributed by atoms with E-state index in [-0.39, 0.29) is 23.6 Å². The van der Waals surface area contributed by atoms with Gasteiger partial charge in [-0.25, -0.2) is 13.8 Å². The van der Waals surface area contributed by atoms with E-state index < -0.39 is 17.9 Å². The van der Waals surface area contributed by atoms with Gasteiger partial charge in [-0.05, 0) is 6.07 Å². The molecule has 1 N–H and O–H groups in total. The number of aromatic hydroxyl groups is 1. The molecule has 0 aliphatic carbocycles. The molecule has 1 heterocycles. The second-order valence-corrected chi connectivity index (χ2v) is 3.04. The van der Waals surface area contributed by atoms with Crippen LogP contribution in [0.15, 0.2) is 6.07 Å². The molecule has 0 spiro atoms. The van der Waals surface area contributed by atoms with E-state index in [2.05, 4.69) is 4.98 Å². The van der Waals surface area contributed by atoms with Crippen LogP contribution in [-0.2, 0) is 12.3 Å². The van der Waals surface area contributed by atoms with Crippen molar-refractivity contribution >= 4 is 11.6 Å². The Morgan fingerprint density at radius 3 is 2.73 bits per heavy atom. The fourth-order valence-corrected chi connectivity index (χ4v) is 1.30. The summed E-state index contributed by atoms with van der Waals surface area (Å²) in [5.41, 5.74) is -0.383. The fraction of sp³-hybridized carbons (Fsp3) is 0.333. The number of hydrogen-bond acceptors (Lipinski definition) is 3. The van der Waals surface area contributed by atoms with Gasteiger partial charge in [-0.3, -0.25) is 0 Å². The van der Waals surface area contributed by atoms with Gasteiger partial charge in [0.2, 0.25) is 0 Å². The lowest BCUT2D eigenvalue weighted by atomic mass is 10.1. The molecule has 0 amide bonds. The number of nitrogens with zero attached hydrogens (tertiary/aromatic N) is 2. The Morgan fingerprint density at radius 2 is 2.27 bits per heavy atom. The molecule has 1 aromatic heterocycles. The van der Waals surface area contributed by atoms with Crippen LogP contribution in [0.25, 0.3) is 0 Å². The summed E-state index contributed by atoms with van der Waals surface area (Å²) >= 11 is 5.47. The van der Waals surface area contributed by atoms with Crippen molar-refractivity contribution in [3.63, 3.8) is 0 Å². The van der Waals surface area contributed by atoms with Crippen LogP contribution in [0.3, 0.4) is 0 Å². The zero-order valence-electron chi connectivity index (χ0n) is 7.54. The number of rotatable bonds is 3.